The van der Waals surface area contributed by atoms with Crippen molar-refractivity contribution in [3.8, 4) is 17.2 Å². The molecule has 0 aromatic heterocycles. The van der Waals surface area contributed by atoms with Crippen molar-refractivity contribution < 1.29 is 19.0 Å². The van der Waals surface area contributed by atoms with Gasteiger partial charge in [0.15, 0.2) is 11.5 Å². The molecule has 1 saturated heterocycles. The Morgan fingerprint density at radius 3 is 2.39 bits per heavy atom. The van der Waals surface area contributed by atoms with Crippen molar-refractivity contribution in [3.05, 3.63) is 35.9 Å². The first-order valence-corrected chi connectivity index (χ1v) is 10.9. The average molecular weight is 421 g/mol. The van der Waals surface area contributed by atoms with Crippen LogP contribution in [0.4, 0.5) is 5.69 Å². The van der Waals surface area contributed by atoms with Crippen LogP contribution in [0.15, 0.2) is 30.3 Å². The van der Waals surface area contributed by atoms with Gasteiger partial charge in [-0.3, -0.25) is 4.79 Å². The van der Waals surface area contributed by atoms with Crippen LogP contribution < -0.4 is 19.1 Å². The van der Waals surface area contributed by atoms with Crippen LogP contribution in [0, 0.1) is 0 Å². The van der Waals surface area contributed by atoms with Crippen LogP contribution in [-0.2, 0) is 0 Å². The number of benzene rings is 3. The molecule has 0 bridgehead atoms. The molecule has 162 valence electrons. The van der Waals surface area contributed by atoms with Gasteiger partial charge in [0.1, 0.15) is 5.75 Å². The second-order valence-electron chi connectivity index (χ2n) is 8.25. The first-order chi connectivity index (χ1) is 15.2. The third-order valence-corrected chi connectivity index (χ3v) is 6.60. The molecule has 2 aliphatic heterocycles. The molecular weight excluding hydrogens is 392 g/mol. The van der Waals surface area contributed by atoms with E-state index in [1.165, 1.54) is 19.3 Å². The average Bonchev–Trinajstić information content (AvgIpc) is 3.08. The smallest absolute Gasteiger partial charge is 0.259 e. The molecule has 0 N–H and O–H groups in total. The first kappa shape index (κ1) is 19.9. The summed E-state index contributed by atoms with van der Waals surface area (Å²) in [5.41, 5.74) is 1.62. The third-order valence-electron chi connectivity index (χ3n) is 6.60. The van der Waals surface area contributed by atoms with Gasteiger partial charge < -0.3 is 24.0 Å². The summed E-state index contributed by atoms with van der Waals surface area (Å²) in [5.74, 6) is 2.00. The van der Waals surface area contributed by atoms with Crippen molar-refractivity contribution in [2.75, 3.05) is 52.4 Å². The maximum atomic E-state index is 13.5. The minimum absolute atomic E-state index is 0.0280. The third kappa shape index (κ3) is 3.17. The molecule has 0 spiro atoms. The summed E-state index contributed by atoms with van der Waals surface area (Å²) in [7, 11) is 4.91. The van der Waals surface area contributed by atoms with Crippen molar-refractivity contribution in [1.82, 2.24) is 4.90 Å². The zero-order valence-corrected chi connectivity index (χ0v) is 18.4. The van der Waals surface area contributed by atoms with Gasteiger partial charge in [-0.1, -0.05) is 12.5 Å². The Kier molecular flexibility index (Phi) is 5.10. The van der Waals surface area contributed by atoms with Crippen molar-refractivity contribution >= 4 is 33.1 Å². The highest BCUT2D eigenvalue weighted by Crippen LogP contribution is 2.49. The second kappa shape index (κ2) is 7.93. The van der Waals surface area contributed by atoms with Crippen LogP contribution in [-0.4, -0.2) is 58.3 Å². The highest BCUT2D eigenvalue weighted by atomic mass is 16.5. The summed E-state index contributed by atoms with van der Waals surface area (Å²) in [4.78, 5) is 17.9. The predicted octanol–water partition coefficient (Wildman–Crippen LogP) is 4.46. The number of hydrogen-bond acceptors (Lipinski definition) is 5. The molecule has 3 aromatic carbocycles. The quantitative estimate of drug-likeness (QED) is 0.551. The molecular formula is C25H28N2O4. The van der Waals surface area contributed by atoms with Gasteiger partial charge in [-0.05, 0) is 61.0 Å². The van der Waals surface area contributed by atoms with E-state index in [0.717, 1.165) is 52.6 Å². The van der Waals surface area contributed by atoms with Gasteiger partial charge in [0, 0.05) is 23.9 Å². The second-order valence-corrected chi connectivity index (χ2v) is 8.25. The lowest BCUT2D eigenvalue weighted by molar-refractivity contribution is 0.0988. The fourth-order valence-electron chi connectivity index (χ4n) is 5.02. The molecule has 6 nitrogen and oxygen atoms in total. The van der Waals surface area contributed by atoms with E-state index in [4.69, 9.17) is 14.2 Å². The number of ether oxygens (including phenoxy) is 3. The lowest BCUT2D eigenvalue weighted by Gasteiger charge is -2.28. The molecule has 2 heterocycles. The van der Waals surface area contributed by atoms with Gasteiger partial charge >= 0.3 is 0 Å². The Bertz CT molecular complexity index is 1170. The summed E-state index contributed by atoms with van der Waals surface area (Å²) < 4.78 is 16.9. The van der Waals surface area contributed by atoms with Gasteiger partial charge in [-0.15, -0.1) is 0 Å². The number of likely N-dealkylation sites (tertiary alicyclic amines) is 1. The molecule has 6 heteroatoms. The zero-order valence-electron chi connectivity index (χ0n) is 18.4. The van der Waals surface area contributed by atoms with E-state index in [9.17, 15) is 4.79 Å². The minimum atomic E-state index is 0.0280. The van der Waals surface area contributed by atoms with E-state index < -0.39 is 0 Å². The number of nitrogens with zero attached hydrogens (tertiary/aromatic N) is 2. The lowest BCUT2D eigenvalue weighted by atomic mass is 9.97. The Labute approximate surface area is 182 Å². The Hall–Kier alpha value is -2.99. The number of piperidine rings is 1. The van der Waals surface area contributed by atoms with Crippen LogP contribution >= 0.6 is 0 Å². The molecule has 5 rings (SSSR count). The highest BCUT2D eigenvalue weighted by molar-refractivity contribution is 6.31. The Morgan fingerprint density at radius 1 is 0.871 bits per heavy atom. The molecule has 3 aromatic rings. The van der Waals surface area contributed by atoms with Crippen LogP contribution in [0.3, 0.4) is 0 Å². The fraction of sp³-hybridized carbons (Fsp3) is 0.400. The van der Waals surface area contributed by atoms with Crippen LogP contribution in [0.2, 0.25) is 0 Å². The summed E-state index contributed by atoms with van der Waals surface area (Å²) in [6.45, 7) is 3.79. The van der Waals surface area contributed by atoms with Gasteiger partial charge in [0.25, 0.3) is 5.91 Å². The summed E-state index contributed by atoms with van der Waals surface area (Å²) in [5, 5.41) is 3.86. The monoisotopic (exact) mass is 420 g/mol. The number of carbonyl (C=O) groups is 1. The first-order valence-electron chi connectivity index (χ1n) is 10.9. The van der Waals surface area contributed by atoms with Crippen LogP contribution in [0.1, 0.15) is 29.6 Å². The number of carbonyl (C=O) groups excluding carboxylic acids is 1. The highest BCUT2D eigenvalue weighted by Gasteiger charge is 2.34. The van der Waals surface area contributed by atoms with Crippen LogP contribution in [0.5, 0.6) is 17.2 Å². The Balaban J connectivity index is 1.69. The zero-order chi connectivity index (χ0) is 21.5. The van der Waals surface area contributed by atoms with Crippen molar-refractivity contribution in [1.29, 1.82) is 0 Å². The Morgan fingerprint density at radius 2 is 1.68 bits per heavy atom. The van der Waals surface area contributed by atoms with Gasteiger partial charge in [-0.25, -0.2) is 0 Å². The van der Waals surface area contributed by atoms with E-state index in [2.05, 4.69) is 11.0 Å². The largest absolute Gasteiger partial charge is 0.497 e. The molecule has 1 fully saturated rings. The molecule has 2 aliphatic rings. The number of hydrogen-bond donors (Lipinski definition) is 0. The predicted molar refractivity (Wildman–Crippen MR) is 123 cm³/mol. The maximum Gasteiger partial charge on any atom is 0.259 e. The SMILES string of the molecule is COc1ccc2cc3c4c(cc(OC)c(OC)c4c2c1)C(=O)N3CCN1CCCCC1. The number of rotatable bonds is 6. The standard InChI is InChI=1S/C25H28N2O4/c1-29-17-8-7-16-13-20-22-19(15-21(30-2)24(31-3)23(22)18(16)14-17)25(28)27(20)12-11-26-9-5-4-6-10-26/h7-8,13-15H,4-6,9-12H2,1-3H3. The van der Waals surface area contributed by atoms with E-state index in [1.807, 2.05) is 29.2 Å². The van der Waals surface area contributed by atoms with Crippen LogP contribution in [0.25, 0.3) is 21.5 Å². The topological polar surface area (TPSA) is 51.2 Å². The minimum Gasteiger partial charge on any atom is -0.497 e. The molecule has 0 aliphatic carbocycles. The van der Waals surface area contributed by atoms with Gasteiger partial charge in [0.05, 0.1) is 32.6 Å². The number of amides is 1. The molecule has 1 amide bonds. The normalized spacial score (nSPS) is 16.4. The summed E-state index contributed by atoms with van der Waals surface area (Å²) in [6, 6.07) is 9.92. The number of methoxy groups -OCH3 is 3. The summed E-state index contributed by atoms with van der Waals surface area (Å²) >= 11 is 0. The molecule has 0 radical (unpaired) electrons. The fourth-order valence-corrected chi connectivity index (χ4v) is 5.02. The van der Waals surface area contributed by atoms with E-state index >= 15 is 0 Å². The van der Waals surface area contributed by atoms with Gasteiger partial charge in [-0.2, -0.15) is 0 Å². The maximum absolute atomic E-state index is 13.5. The number of fused-ring (bicyclic) bond motifs is 2. The lowest BCUT2D eigenvalue weighted by Crippen LogP contribution is -2.39. The van der Waals surface area contributed by atoms with E-state index in [-0.39, 0.29) is 5.91 Å². The molecule has 0 unspecified atom stereocenters. The number of anilines is 1. The van der Waals surface area contributed by atoms with Crippen molar-refractivity contribution in [3.63, 3.8) is 0 Å². The van der Waals surface area contributed by atoms with E-state index in [0.29, 0.717) is 23.6 Å². The van der Waals surface area contributed by atoms with E-state index in [1.54, 1.807) is 21.3 Å². The van der Waals surface area contributed by atoms with Gasteiger partial charge in [0.2, 0.25) is 0 Å². The molecule has 0 atom stereocenters. The molecule has 0 saturated carbocycles. The van der Waals surface area contributed by atoms with Crippen molar-refractivity contribution in [2.24, 2.45) is 0 Å². The molecule has 31 heavy (non-hydrogen) atoms. The van der Waals surface area contributed by atoms with Crippen molar-refractivity contribution in [2.45, 2.75) is 19.3 Å². The summed E-state index contributed by atoms with van der Waals surface area (Å²) in [6.07, 6.45) is 3.79.